The minimum atomic E-state index is -0.186. The Morgan fingerprint density at radius 3 is 2.63 bits per heavy atom. The zero-order valence-electron chi connectivity index (χ0n) is 10.7. The number of hydrogen-bond acceptors (Lipinski definition) is 3. The zero-order valence-corrected chi connectivity index (χ0v) is 11.5. The Morgan fingerprint density at radius 1 is 1.21 bits per heavy atom. The molecule has 0 bridgehead atoms. The van der Waals surface area contributed by atoms with E-state index in [4.69, 9.17) is 0 Å². The summed E-state index contributed by atoms with van der Waals surface area (Å²) in [7, 11) is 0. The van der Waals surface area contributed by atoms with Crippen LogP contribution in [0.3, 0.4) is 0 Å². The fourth-order valence-electron chi connectivity index (χ4n) is 1.74. The first kappa shape index (κ1) is 13.6. The second-order valence-electron chi connectivity index (χ2n) is 4.13. The summed E-state index contributed by atoms with van der Waals surface area (Å²) in [6.07, 6.45) is 6.20. The van der Waals surface area contributed by atoms with Gasteiger partial charge in [0.05, 0.1) is 4.91 Å². The standard InChI is InChI=1S/C15H15NO2S/c1-2-11-16-14(17)13(19-15(16)18)10-6-9-12-7-4-3-5-8-12/h3-10H,2,11H2,1H3/b9-6+,13-10+. The van der Waals surface area contributed by atoms with E-state index in [1.54, 1.807) is 12.2 Å². The van der Waals surface area contributed by atoms with Crippen molar-refractivity contribution in [1.29, 1.82) is 0 Å². The van der Waals surface area contributed by atoms with Crippen molar-refractivity contribution < 1.29 is 9.59 Å². The minimum absolute atomic E-state index is 0.175. The van der Waals surface area contributed by atoms with Gasteiger partial charge in [-0.1, -0.05) is 49.4 Å². The van der Waals surface area contributed by atoms with Crippen LogP contribution in [0, 0.1) is 0 Å². The molecule has 0 atom stereocenters. The Morgan fingerprint density at radius 2 is 1.95 bits per heavy atom. The van der Waals surface area contributed by atoms with Gasteiger partial charge in [0.25, 0.3) is 11.1 Å². The van der Waals surface area contributed by atoms with Gasteiger partial charge in [-0.15, -0.1) is 0 Å². The van der Waals surface area contributed by atoms with Gasteiger partial charge >= 0.3 is 0 Å². The molecule has 1 heterocycles. The maximum absolute atomic E-state index is 11.9. The average Bonchev–Trinajstić information content (AvgIpc) is 2.68. The Labute approximate surface area is 117 Å². The monoisotopic (exact) mass is 273 g/mol. The third-order valence-corrected chi connectivity index (χ3v) is 3.58. The second-order valence-corrected chi connectivity index (χ2v) is 5.12. The van der Waals surface area contributed by atoms with Crippen molar-refractivity contribution in [2.24, 2.45) is 0 Å². The molecule has 1 aromatic carbocycles. The Balaban J connectivity index is 2.07. The van der Waals surface area contributed by atoms with Crippen LogP contribution < -0.4 is 0 Å². The number of rotatable bonds is 4. The molecule has 2 amide bonds. The molecule has 0 radical (unpaired) electrons. The van der Waals surface area contributed by atoms with E-state index in [1.807, 2.05) is 43.3 Å². The lowest BCUT2D eigenvalue weighted by Crippen LogP contribution is -2.28. The summed E-state index contributed by atoms with van der Waals surface area (Å²) < 4.78 is 0. The Hall–Kier alpha value is -1.81. The largest absolute Gasteiger partial charge is 0.293 e. The molecule has 0 saturated carbocycles. The van der Waals surface area contributed by atoms with Gasteiger partial charge in [-0.25, -0.2) is 0 Å². The second kappa shape index (κ2) is 6.38. The van der Waals surface area contributed by atoms with Gasteiger partial charge in [-0.3, -0.25) is 14.5 Å². The maximum atomic E-state index is 11.9. The number of amides is 2. The van der Waals surface area contributed by atoms with Crippen molar-refractivity contribution in [1.82, 2.24) is 4.90 Å². The summed E-state index contributed by atoms with van der Waals surface area (Å²) in [6, 6.07) is 9.82. The van der Waals surface area contributed by atoms with Crippen LogP contribution in [0.1, 0.15) is 18.9 Å². The van der Waals surface area contributed by atoms with Crippen LogP contribution in [0.4, 0.5) is 4.79 Å². The van der Waals surface area contributed by atoms with E-state index < -0.39 is 0 Å². The number of thioether (sulfide) groups is 1. The van der Waals surface area contributed by atoms with E-state index in [0.717, 1.165) is 23.7 Å². The highest BCUT2D eigenvalue weighted by molar-refractivity contribution is 8.18. The number of benzene rings is 1. The quantitative estimate of drug-likeness (QED) is 0.785. The number of carbonyl (C=O) groups excluding carboxylic acids is 2. The lowest BCUT2D eigenvalue weighted by atomic mass is 10.2. The topological polar surface area (TPSA) is 37.4 Å². The van der Waals surface area contributed by atoms with Crippen molar-refractivity contribution in [2.45, 2.75) is 13.3 Å². The molecule has 98 valence electrons. The van der Waals surface area contributed by atoms with Crippen molar-refractivity contribution in [3.63, 3.8) is 0 Å². The fourth-order valence-corrected chi connectivity index (χ4v) is 2.56. The number of imide groups is 1. The predicted octanol–water partition coefficient (Wildman–Crippen LogP) is 3.69. The highest BCUT2D eigenvalue weighted by Gasteiger charge is 2.33. The van der Waals surface area contributed by atoms with Gasteiger partial charge in [0.2, 0.25) is 0 Å². The predicted molar refractivity (Wildman–Crippen MR) is 78.6 cm³/mol. The third-order valence-electron chi connectivity index (χ3n) is 2.66. The van der Waals surface area contributed by atoms with E-state index in [1.165, 1.54) is 4.90 Å². The molecule has 0 aliphatic carbocycles. The number of carbonyl (C=O) groups is 2. The maximum Gasteiger partial charge on any atom is 0.293 e. The Bertz CT molecular complexity index is 534. The SMILES string of the molecule is CCCN1C(=O)S/C(=C/C=C/c2ccccc2)C1=O. The summed E-state index contributed by atoms with van der Waals surface area (Å²) in [5.74, 6) is -0.186. The van der Waals surface area contributed by atoms with E-state index in [-0.39, 0.29) is 11.1 Å². The van der Waals surface area contributed by atoms with Gasteiger partial charge < -0.3 is 0 Å². The molecule has 19 heavy (non-hydrogen) atoms. The molecule has 2 rings (SSSR count). The fraction of sp³-hybridized carbons (Fsp3) is 0.200. The third kappa shape index (κ3) is 3.35. The summed E-state index contributed by atoms with van der Waals surface area (Å²) in [4.78, 5) is 25.3. The number of hydrogen-bond donors (Lipinski definition) is 0. The van der Waals surface area contributed by atoms with Gasteiger partial charge in [-0.2, -0.15) is 0 Å². The van der Waals surface area contributed by atoms with Gasteiger partial charge in [0, 0.05) is 6.54 Å². The van der Waals surface area contributed by atoms with Crippen LogP contribution in [0.2, 0.25) is 0 Å². The van der Waals surface area contributed by atoms with Crippen molar-refractivity contribution in [3.8, 4) is 0 Å². The van der Waals surface area contributed by atoms with Crippen LogP contribution in [0.25, 0.3) is 6.08 Å². The van der Waals surface area contributed by atoms with E-state index in [0.29, 0.717) is 11.4 Å². The van der Waals surface area contributed by atoms with E-state index >= 15 is 0 Å². The normalized spacial score (nSPS) is 17.9. The molecule has 1 saturated heterocycles. The van der Waals surface area contributed by atoms with Crippen molar-refractivity contribution in [2.75, 3.05) is 6.54 Å². The molecule has 1 fully saturated rings. The van der Waals surface area contributed by atoms with Crippen LogP contribution in [0.15, 0.2) is 47.4 Å². The molecule has 0 spiro atoms. The minimum Gasteiger partial charge on any atom is -0.268 e. The molecular formula is C15H15NO2S. The van der Waals surface area contributed by atoms with Crippen LogP contribution >= 0.6 is 11.8 Å². The van der Waals surface area contributed by atoms with Crippen molar-refractivity contribution in [3.05, 3.63) is 53.0 Å². The van der Waals surface area contributed by atoms with Gasteiger partial charge in [-0.05, 0) is 29.8 Å². The molecule has 4 heteroatoms. The first-order chi connectivity index (χ1) is 9.22. The van der Waals surface area contributed by atoms with E-state index in [2.05, 4.69) is 0 Å². The van der Waals surface area contributed by atoms with Gasteiger partial charge in [0.15, 0.2) is 0 Å². The molecule has 3 nitrogen and oxygen atoms in total. The lowest BCUT2D eigenvalue weighted by molar-refractivity contribution is -0.122. The highest BCUT2D eigenvalue weighted by atomic mass is 32.2. The average molecular weight is 273 g/mol. The summed E-state index contributed by atoms with van der Waals surface area (Å²) in [5.41, 5.74) is 1.06. The summed E-state index contributed by atoms with van der Waals surface area (Å²) >= 11 is 1.00. The molecular weight excluding hydrogens is 258 g/mol. The molecule has 0 unspecified atom stereocenters. The molecule has 1 aromatic rings. The van der Waals surface area contributed by atoms with Crippen LogP contribution in [-0.4, -0.2) is 22.6 Å². The first-order valence-corrected chi connectivity index (χ1v) is 7.01. The lowest BCUT2D eigenvalue weighted by Gasteiger charge is -2.09. The van der Waals surface area contributed by atoms with Crippen LogP contribution in [-0.2, 0) is 4.79 Å². The molecule has 1 aliphatic heterocycles. The highest BCUT2D eigenvalue weighted by Crippen LogP contribution is 2.30. The molecule has 0 aromatic heterocycles. The Kier molecular flexibility index (Phi) is 4.58. The molecule has 1 aliphatic rings. The van der Waals surface area contributed by atoms with Gasteiger partial charge in [0.1, 0.15) is 0 Å². The zero-order chi connectivity index (χ0) is 13.7. The summed E-state index contributed by atoms with van der Waals surface area (Å²) in [5, 5.41) is -0.175. The number of nitrogens with zero attached hydrogens (tertiary/aromatic N) is 1. The number of allylic oxidation sites excluding steroid dienone is 2. The smallest absolute Gasteiger partial charge is 0.268 e. The summed E-state index contributed by atoms with van der Waals surface area (Å²) in [6.45, 7) is 2.44. The molecule has 0 N–H and O–H groups in total. The van der Waals surface area contributed by atoms with E-state index in [9.17, 15) is 9.59 Å². The first-order valence-electron chi connectivity index (χ1n) is 6.19. The van der Waals surface area contributed by atoms with Crippen molar-refractivity contribution >= 4 is 29.0 Å². The van der Waals surface area contributed by atoms with Crippen LogP contribution in [0.5, 0.6) is 0 Å².